The molecule has 1 aromatic rings. The minimum absolute atomic E-state index is 0.0889. The van der Waals surface area contributed by atoms with Crippen molar-refractivity contribution < 1.29 is 9.18 Å². The van der Waals surface area contributed by atoms with Crippen molar-refractivity contribution >= 4 is 21.8 Å². The predicted molar refractivity (Wildman–Crippen MR) is 78.8 cm³/mol. The van der Waals surface area contributed by atoms with Crippen molar-refractivity contribution in [3.63, 3.8) is 0 Å². The molecule has 0 fully saturated rings. The van der Waals surface area contributed by atoms with E-state index in [1.54, 1.807) is 6.07 Å². The molecule has 1 aromatic carbocycles. The van der Waals surface area contributed by atoms with Crippen molar-refractivity contribution in [2.45, 2.75) is 20.3 Å². The van der Waals surface area contributed by atoms with E-state index in [2.05, 4.69) is 40.0 Å². The van der Waals surface area contributed by atoms with Crippen LogP contribution in [0.3, 0.4) is 0 Å². The number of nitrogens with zero attached hydrogens (tertiary/aromatic N) is 1. The van der Waals surface area contributed by atoms with Gasteiger partial charge in [0.15, 0.2) is 0 Å². The van der Waals surface area contributed by atoms with Crippen LogP contribution in [0.4, 0.5) is 4.39 Å². The van der Waals surface area contributed by atoms with Crippen LogP contribution in [-0.2, 0) is 0 Å². The van der Waals surface area contributed by atoms with Gasteiger partial charge in [-0.3, -0.25) is 4.79 Å². The van der Waals surface area contributed by atoms with Crippen molar-refractivity contribution in [1.29, 1.82) is 0 Å². The standard InChI is InChI=1S/C14H20BrFN2O/c1-3-18(4-2)9-5-8-17-14(19)12-7-6-11(15)10-13(12)16/h6-7,10H,3-5,8-9H2,1-2H3,(H,17,19). The van der Waals surface area contributed by atoms with Gasteiger partial charge in [0.25, 0.3) is 5.91 Å². The molecule has 19 heavy (non-hydrogen) atoms. The van der Waals surface area contributed by atoms with Crippen LogP contribution in [0.5, 0.6) is 0 Å². The molecule has 1 rings (SSSR count). The molecule has 0 spiro atoms. The maximum atomic E-state index is 13.5. The van der Waals surface area contributed by atoms with Crippen molar-refractivity contribution in [2.24, 2.45) is 0 Å². The monoisotopic (exact) mass is 330 g/mol. The van der Waals surface area contributed by atoms with Crippen LogP contribution in [0.25, 0.3) is 0 Å². The molecular formula is C14H20BrFN2O. The van der Waals surface area contributed by atoms with Gasteiger partial charge in [0.2, 0.25) is 0 Å². The molecular weight excluding hydrogens is 311 g/mol. The summed E-state index contributed by atoms with van der Waals surface area (Å²) in [5, 5.41) is 2.74. The highest BCUT2D eigenvalue weighted by atomic mass is 79.9. The van der Waals surface area contributed by atoms with Crippen LogP contribution in [0, 0.1) is 5.82 Å². The number of carbonyl (C=O) groups excluding carboxylic acids is 1. The number of benzene rings is 1. The van der Waals surface area contributed by atoms with Gasteiger partial charge in [0, 0.05) is 11.0 Å². The number of halogens is 2. The second kappa shape index (κ2) is 8.27. The minimum Gasteiger partial charge on any atom is -0.352 e. The maximum Gasteiger partial charge on any atom is 0.254 e. The number of hydrogen-bond acceptors (Lipinski definition) is 2. The van der Waals surface area contributed by atoms with E-state index in [-0.39, 0.29) is 11.5 Å². The zero-order valence-corrected chi connectivity index (χ0v) is 13.0. The number of nitrogens with one attached hydrogen (secondary N) is 1. The molecule has 1 N–H and O–H groups in total. The fourth-order valence-corrected chi connectivity index (χ4v) is 2.15. The largest absolute Gasteiger partial charge is 0.352 e. The molecule has 1 amide bonds. The minimum atomic E-state index is -0.504. The fraction of sp³-hybridized carbons (Fsp3) is 0.500. The third-order valence-electron chi connectivity index (χ3n) is 3.01. The highest BCUT2D eigenvalue weighted by Gasteiger charge is 2.11. The molecule has 0 unspecified atom stereocenters. The van der Waals surface area contributed by atoms with Crippen molar-refractivity contribution in [2.75, 3.05) is 26.2 Å². The molecule has 0 saturated heterocycles. The SMILES string of the molecule is CCN(CC)CCCNC(=O)c1ccc(Br)cc1F. The number of hydrogen-bond donors (Lipinski definition) is 1. The molecule has 0 aliphatic rings. The van der Waals surface area contributed by atoms with Gasteiger partial charge < -0.3 is 10.2 Å². The molecule has 0 heterocycles. The Morgan fingerprint density at radius 1 is 1.37 bits per heavy atom. The van der Waals surface area contributed by atoms with Gasteiger partial charge >= 0.3 is 0 Å². The van der Waals surface area contributed by atoms with Gasteiger partial charge in [0.05, 0.1) is 5.56 Å². The lowest BCUT2D eigenvalue weighted by molar-refractivity contribution is 0.0948. The van der Waals surface area contributed by atoms with E-state index >= 15 is 0 Å². The van der Waals surface area contributed by atoms with E-state index in [0.29, 0.717) is 11.0 Å². The summed E-state index contributed by atoms with van der Waals surface area (Å²) in [7, 11) is 0. The van der Waals surface area contributed by atoms with Gasteiger partial charge in [0.1, 0.15) is 5.82 Å². The third-order valence-corrected chi connectivity index (χ3v) is 3.50. The van der Waals surface area contributed by atoms with Crippen LogP contribution in [0.1, 0.15) is 30.6 Å². The molecule has 0 bridgehead atoms. The van der Waals surface area contributed by atoms with Crippen molar-refractivity contribution in [1.82, 2.24) is 10.2 Å². The second-order valence-corrected chi connectivity index (χ2v) is 5.18. The van der Waals surface area contributed by atoms with Crippen LogP contribution in [-0.4, -0.2) is 37.0 Å². The lowest BCUT2D eigenvalue weighted by atomic mass is 10.2. The zero-order valence-electron chi connectivity index (χ0n) is 11.4. The van der Waals surface area contributed by atoms with E-state index in [1.807, 2.05) is 0 Å². The zero-order chi connectivity index (χ0) is 14.3. The topological polar surface area (TPSA) is 32.3 Å². The van der Waals surface area contributed by atoms with E-state index < -0.39 is 5.82 Å². The molecule has 5 heteroatoms. The van der Waals surface area contributed by atoms with Crippen LogP contribution in [0.15, 0.2) is 22.7 Å². The van der Waals surface area contributed by atoms with Gasteiger partial charge in [-0.1, -0.05) is 29.8 Å². The summed E-state index contributed by atoms with van der Waals surface area (Å²) in [6.07, 6.45) is 0.867. The van der Waals surface area contributed by atoms with Gasteiger partial charge in [-0.2, -0.15) is 0 Å². The van der Waals surface area contributed by atoms with Crippen LogP contribution >= 0.6 is 15.9 Å². The van der Waals surface area contributed by atoms with Gasteiger partial charge in [-0.05, 0) is 44.3 Å². The Kier molecular flexibility index (Phi) is 7.02. The first kappa shape index (κ1) is 16.1. The fourth-order valence-electron chi connectivity index (χ4n) is 1.81. The lowest BCUT2D eigenvalue weighted by Gasteiger charge is -2.17. The Balaban J connectivity index is 2.39. The second-order valence-electron chi connectivity index (χ2n) is 4.26. The highest BCUT2D eigenvalue weighted by molar-refractivity contribution is 9.10. The van der Waals surface area contributed by atoms with Crippen LogP contribution in [0.2, 0.25) is 0 Å². The van der Waals surface area contributed by atoms with Crippen LogP contribution < -0.4 is 5.32 Å². The van der Waals surface area contributed by atoms with Gasteiger partial charge in [-0.15, -0.1) is 0 Å². The first-order valence-electron chi connectivity index (χ1n) is 6.54. The Labute approximate surface area is 122 Å². The molecule has 0 aliphatic carbocycles. The van der Waals surface area contributed by atoms with Crippen molar-refractivity contribution in [3.8, 4) is 0 Å². The average molecular weight is 331 g/mol. The summed E-state index contributed by atoms with van der Waals surface area (Å²) < 4.78 is 14.2. The summed E-state index contributed by atoms with van der Waals surface area (Å²) in [6, 6.07) is 4.44. The molecule has 0 aromatic heterocycles. The quantitative estimate of drug-likeness (QED) is 0.779. The molecule has 3 nitrogen and oxygen atoms in total. The van der Waals surface area contributed by atoms with E-state index in [4.69, 9.17) is 0 Å². The first-order chi connectivity index (χ1) is 9.08. The van der Waals surface area contributed by atoms with E-state index in [1.165, 1.54) is 12.1 Å². The van der Waals surface area contributed by atoms with E-state index in [0.717, 1.165) is 26.1 Å². The average Bonchev–Trinajstić information content (AvgIpc) is 2.38. The Morgan fingerprint density at radius 3 is 2.63 bits per heavy atom. The summed E-state index contributed by atoms with van der Waals surface area (Å²) in [4.78, 5) is 14.1. The Hall–Kier alpha value is -0.940. The van der Waals surface area contributed by atoms with E-state index in [9.17, 15) is 9.18 Å². The molecule has 0 aliphatic heterocycles. The number of rotatable bonds is 7. The third kappa shape index (κ3) is 5.28. The molecule has 0 radical (unpaired) electrons. The number of carbonyl (C=O) groups is 1. The predicted octanol–water partition coefficient (Wildman–Crippen LogP) is 3.05. The maximum absolute atomic E-state index is 13.5. The lowest BCUT2D eigenvalue weighted by Crippen LogP contribution is -2.30. The highest BCUT2D eigenvalue weighted by Crippen LogP contribution is 2.15. The first-order valence-corrected chi connectivity index (χ1v) is 7.33. The number of amides is 1. The van der Waals surface area contributed by atoms with Gasteiger partial charge in [-0.25, -0.2) is 4.39 Å². The normalized spacial score (nSPS) is 10.8. The molecule has 0 saturated carbocycles. The molecule has 0 atom stereocenters. The summed E-state index contributed by atoms with van der Waals surface area (Å²) in [6.45, 7) is 7.73. The Morgan fingerprint density at radius 2 is 2.05 bits per heavy atom. The Bertz CT molecular complexity index is 422. The summed E-state index contributed by atoms with van der Waals surface area (Å²) >= 11 is 3.16. The van der Waals surface area contributed by atoms with Crippen molar-refractivity contribution in [3.05, 3.63) is 34.1 Å². The molecule has 106 valence electrons. The smallest absolute Gasteiger partial charge is 0.254 e. The summed E-state index contributed by atoms with van der Waals surface area (Å²) in [5.74, 6) is -0.861. The summed E-state index contributed by atoms with van der Waals surface area (Å²) in [5.41, 5.74) is 0.0889.